The van der Waals surface area contributed by atoms with Gasteiger partial charge in [-0.15, -0.1) is 0 Å². The van der Waals surface area contributed by atoms with E-state index in [1.807, 2.05) is 54.6 Å². The minimum atomic E-state index is 0.294. The molecular weight excluding hydrogens is 342 g/mol. The maximum atomic E-state index is 5.82. The Morgan fingerprint density at radius 3 is 2.33 bits per heavy atom. The van der Waals surface area contributed by atoms with Gasteiger partial charge in [0.2, 0.25) is 0 Å². The van der Waals surface area contributed by atoms with Crippen LogP contribution in [0.15, 0.2) is 54.6 Å². The third kappa shape index (κ3) is 6.86. The van der Waals surface area contributed by atoms with Crippen molar-refractivity contribution in [3.8, 4) is 17.2 Å². The van der Waals surface area contributed by atoms with Crippen molar-refractivity contribution < 1.29 is 18.9 Å². The molecule has 2 aromatic rings. The van der Waals surface area contributed by atoms with Gasteiger partial charge in [-0.3, -0.25) is 4.90 Å². The van der Waals surface area contributed by atoms with Crippen molar-refractivity contribution in [2.45, 2.75) is 26.1 Å². The normalized spacial score (nSPS) is 20.4. The van der Waals surface area contributed by atoms with E-state index < -0.39 is 0 Å². The summed E-state index contributed by atoms with van der Waals surface area (Å²) in [6.45, 7) is 8.90. The third-order valence-electron chi connectivity index (χ3n) is 4.33. The number of hydrogen-bond acceptors (Lipinski definition) is 5. The van der Waals surface area contributed by atoms with Gasteiger partial charge in [0.25, 0.3) is 0 Å². The summed E-state index contributed by atoms with van der Waals surface area (Å²) in [5.74, 6) is 2.35. The van der Waals surface area contributed by atoms with E-state index in [9.17, 15) is 0 Å². The van der Waals surface area contributed by atoms with E-state index in [1.165, 1.54) is 0 Å². The van der Waals surface area contributed by atoms with Crippen LogP contribution < -0.4 is 9.47 Å². The highest BCUT2D eigenvalue weighted by Gasteiger charge is 2.21. The van der Waals surface area contributed by atoms with Crippen LogP contribution in [0, 0.1) is 0 Å². The minimum absolute atomic E-state index is 0.294. The standard InChI is InChI=1S/C22H29NO4/c1-18-16-23(17-19(2)26-18)11-12-24-13-14-25-21-9-6-10-22(15-21)27-20-7-4-3-5-8-20/h3-10,15,18-19H,11-14,16-17H2,1-2H3/t18-,19-/m0/s1. The van der Waals surface area contributed by atoms with Crippen LogP contribution in [0.3, 0.4) is 0 Å². The molecule has 0 aliphatic carbocycles. The highest BCUT2D eigenvalue weighted by molar-refractivity contribution is 5.36. The molecular formula is C22H29NO4. The number of rotatable bonds is 9. The molecule has 27 heavy (non-hydrogen) atoms. The SMILES string of the molecule is C[C@H]1CN(CCOCCOc2cccc(Oc3ccccc3)c2)C[C@H](C)O1. The van der Waals surface area contributed by atoms with Crippen molar-refractivity contribution in [1.82, 2.24) is 4.90 Å². The molecule has 1 saturated heterocycles. The van der Waals surface area contributed by atoms with Gasteiger partial charge in [-0.1, -0.05) is 24.3 Å². The van der Waals surface area contributed by atoms with E-state index in [4.69, 9.17) is 18.9 Å². The van der Waals surface area contributed by atoms with E-state index in [2.05, 4.69) is 18.7 Å². The second-order valence-electron chi connectivity index (χ2n) is 6.87. The van der Waals surface area contributed by atoms with Crippen LogP contribution in [-0.4, -0.2) is 56.6 Å². The maximum Gasteiger partial charge on any atom is 0.131 e. The summed E-state index contributed by atoms with van der Waals surface area (Å²) in [5.41, 5.74) is 0. The van der Waals surface area contributed by atoms with Crippen LogP contribution in [0.5, 0.6) is 17.2 Å². The number of benzene rings is 2. The molecule has 1 aliphatic rings. The second kappa shape index (κ2) is 10.3. The summed E-state index contributed by atoms with van der Waals surface area (Å²) in [6.07, 6.45) is 0.588. The number of hydrogen-bond donors (Lipinski definition) is 0. The first-order valence-corrected chi connectivity index (χ1v) is 9.60. The summed E-state index contributed by atoms with van der Waals surface area (Å²) in [6, 6.07) is 17.4. The van der Waals surface area contributed by atoms with Gasteiger partial charge in [0.05, 0.1) is 25.4 Å². The molecule has 0 aromatic heterocycles. The molecule has 146 valence electrons. The molecule has 1 heterocycles. The molecule has 5 heteroatoms. The van der Waals surface area contributed by atoms with E-state index >= 15 is 0 Å². The van der Waals surface area contributed by atoms with E-state index in [1.54, 1.807) is 0 Å². The van der Waals surface area contributed by atoms with Gasteiger partial charge in [-0.25, -0.2) is 0 Å². The number of nitrogens with zero attached hydrogens (tertiary/aromatic N) is 1. The molecule has 0 N–H and O–H groups in total. The first kappa shape index (κ1) is 19.7. The van der Waals surface area contributed by atoms with Crippen molar-refractivity contribution >= 4 is 0 Å². The van der Waals surface area contributed by atoms with Crippen molar-refractivity contribution in [1.29, 1.82) is 0 Å². The third-order valence-corrected chi connectivity index (χ3v) is 4.33. The maximum absolute atomic E-state index is 5.82. The molecule has 2 atom stereocenters. The number of morpholine rings is 1. The summed E-state index contributed by atoms with van der Waals surface area (Å²) in [7, 11) is 0. The fourth-order valence-electron chi connectivity index (χ4n) is 3.23. The molecule has 2 aromatic carbocycles. The Bertz CT molecular complexity index is 669. The fraction of sp³-hybridized carbons (Fsp3) is 0.455. The van der Waals surface area contributed by atoms with Crippen LogP contribution in [0.1, 0.15) is 13.8 Å². The molecule has 5 nitrogen and oxygen atoms in total. The molecule has 0 radical (unpaired) electrons. The Kier molecular flexibility index (Phi) is 7.51. The van der Waals surface area contributed by atoms with Gasteiger partial charge in [-0.05, 0) is 38.1 Å². The monoisotopic (exact) mass is 371 g/mol. The van der Waals surface area contributed by atoms with Crippen LogP contribution in [0.4, 0.5) is 0 Å². The largest absolute Gasteiger partial charge is 0.491 e. The predicted molar refractivity (Wildman–Crippen MR) is 106 cm³/mol. The molecule has 1 fully saturated rings. The van der Waals surface area contributed by atoms with Crippen molar-refractivity contribution in [2.24, 2.45) is 0 Å². The van der Waals surface area contributed by atoms with Crippen LogP contribution in [-0.2, 0) is 9.47 Å². The zero-order valence-electron chi connectivity index (χ0n) is 16.2. The smallest absolute Gasteiger partial charge is 0.131 e. The van der Waals surface area contributed by atoms with Gasteiger partial charge in [0.1, 0.15) is 23.9 Å². The van der Waals surface area contributed by atoms with E-state index in [0.717, 1.165) is 36.9 Å². The Balaban J connectivity index is 1.33. The van der Waals surface area contributed by atoms with Crippen molar-refractivity contribution in [3.63, 3.8) is 0 Å². The van der Waals surface area contributed by atoms with E-state index in [0.29, 0.717) is 32.0 Å². The zero-order valence-corrected chi connectivity index (χ0v) is 16.2. The van der Waals surface area contributed by atoms with Crippen LogP contribution in [0.2, 0.25) is 0 Å². The lowest BCUT2D eigenvalue weighted by atomic mass is 10.2. The van der Waals surface area contributed by atoms with Gasteiger partial charge in [0.15, 0.2) is 0 Å². The van der Waals surface area contributed by atoms with Crippen molar-refractivity contribution in [2.75, 3.05) is 39.5 Å². The highest BCUT2D eigenvalue weighted by Crippen LogP contribution is 2.24. The minimum Gasteiger partial charge on any atom is -0.491 e. The van der Waals surface area contributed by atoms with Gasteiger partial charge in [0, 0.05) is 25.7 Å². The van der Waals surface area contributed by atoms with E-state index in [-0.39, 0.29) is 0 Å². The van der Waals surface area contributed by atoms with Crippen LogP contribution in [0.25, 0.3) is 0 Å². The molecule has 0 bridgehead atoms. The number of ether oxygens (including phenoxy) is 4. The summed E-state index contributed by atoms with van der Waals surface area (Å²) in [5, 5.41) is 0. The lowest BCUT2D eigenvalue weighted by Gasteiger charge is -2.35. The molecule has 3 rings (SSSR count). The average Bonchev–Trinajstić information content (AvgIpc) is 2.65. The Morgan fingerprint density at radius 1 is 0.852 bits per heavy atom. The molecule has 0 spiro atoms. The first-order chi connectivity index (χ1) is 13.2. The molecule has 0 saturated carbocycles. The first-order valence-electron chi connectivity index (χ1n) is 9.60. The van der Waals surface area contributed by atoms with Gasteiger partial charge in [-0.2, -0.15) is 0 Å². The molecule has 0 amide bonds. The quantitative estimate of drug-likeness (QED) is 0.624. The molecule has 1 aliphatic heterocycles. The topological polar surface area (TPSA) is 40.2 Å². The lowest BCUT2D eigenvalue weighted by Crippen LogP contribution is -2.46. The highest BCUT2D eigenvalue weighted by atomic mass is 16.5. The fourth-order valence-corrected chi connectivity index (χ4v) is 3.23. The molecule has 0 unspecified atom stereocenters. The van der Waals surface area contributed by atoms with Gasteiger partial charge < -0.3 is 18.9 Å². The lowest BCUT2D eigenvalue weighted by molar-refractivity contribution is -0.0734. The summed E-state index contributed by atoms with van der Waals surface area (Å²) >= 11 is 0. The van der Waals surface area contributed by atoms with Crippen LogP contribution >= 0.6 is 0 Å². The van der Waals surface area contributed by atoms with Gasteiger partial charge >= 0.3 is 0 Å². The Labute approximate surface area is 161 Å². The predicted octanol–water partition coefficient (Wildman–Crippen LogP) is 3.98. The Hall–Kier alpha value is -2.08. The average molecular weight is 371 g/mol. The summed E-state index contributed by atoms with van der Waals surface area (Å²) < 4.78 is 23.1. The Morgan fingerprint density at radius 2 is 1.56 bits per heavy atom. The second-order valence-corrected chi connectivity index (χ2v) is 6.87. The summed E-state index contributed by atoms with van der Waals surface area (Å²) in [4.78, 5) is 2.39. The number of para-hydroxylation sites is 1. The van der Waals surface area contributed by atoms with Crippen molar-refractivity contribution in [3.05, 3.63) is 54.6 Å². The zero-order chi connectivity index (χ0) is 18.9.